The van der Waals surface area contributed by atoms with E-state index < -0.39 is 0 Å². The number of rotatable bonds is 5. The highest BCUT2D eigenvalue weighted by Crippen LogP contribution is 2.43. The molecule has 0 atom stereocenters. The van der Waals surface area contributed by atoms with Gasteiger partial charge in [-0.15, -0.1) is 0 Å². The SMILES string of the molecule is CCCN(C)CCC1(C)CC(O)C1. The van der Waals surface area contributed by atoms with Crippen molar-refractivity contribution in [1.82, 2.24) is 4.90 Å². The summed E-state index contributed by atoms with van der Waals surface area (Å²) in [5.41, 5.74) is 0.432. The monoisotopic (exact) mass is 185 g/mol. The predicted octanol–water partition coefficient (Wildman–Crippen LogP) is 1.88. The molecule has 78 valence electrons. The third kappa shape index (κ3) is 3.28. The molecule has 1 rings (SSSR count). The lowest BCUT2D eigenvalue weighted by molar-refractivity contribution is -0.0289. The Morgan fingerprint density at radius 3 is 2.46 bits per heavy atom. The van der Waals surface area contributed by atoms with Crippen LogP contribution >= 0.6 is 0 Å². The summed E-state index contributed by atoms with van der Waals surface area (Å²) in [6.45, 7) is 6.88. The van der Waals surface area contributed by atoms with Crippen LogP contribution in [-0.4, -0.2) is 36.2 Å². The molecule has 0 amide bonds. The Bertz CT molecular complexity index is 152. The van der Waals surface area contributed by atoms with Gasteiger partial charge in [0.2, 0.25) is 0 Å². The van der Waals surface area contributed by atoms with E-state index in [-0.39, 0.29) is 6.10 Å². The van der Waals surface area contributed by atoms with Gasteiger partial charge in [-0.1, -0.05) is 13.8 Å². The Balaban J connectivity index is 2.12. The van der Waals surface area contributed by atoms with Crippen molar-refractivity contribution < 1.29 is 5.11 Å². The largest absolute Gasteiger partial charge is 0.393 e. The predicted molar refractivity (Wildman–Crippen MR) is 55.8 cm³/mol. The maximum Gasteiger partial charge on any atom is 0.0550 e. The lowest BCUT2D eigenvalue weighted by Crippen LogP contribution is -2.40. The molecule has 13 heavy (non-hydrogen) atoms. The first-order chi connectivity index (χ1) is 6.06. The Labute approximate surface area is 81.9 Å². The summed E-state index contributed by atoms with van der Waals surface area (Å²) >= 11 is 0. The summed E-state index contributed by atoms with van der Waals surface area (Å²) in [6, 6.07) is 0. The van der Waals surface area contributed by atoms with Crippen molar-refractivity contribution in [3.8, 4) is 0 Å². The lowest BCUT2D eigenvalue weighted by Gasteiger charge is -2.43. The second-order valence-corrected chi connectivity index (χ2v) is 4.93. The minimum atomic E-state index is -0.0125. The van der Waals surface area contributed by atoms with E-state index in [0.29, 0.717) is 5.41 Å². The molecule has 0 unspecified atom stereocenters. The van der Waals surface area contributed by atoms with Crippen molar-refractivity contribution in [2.45, 2.75) is 45.6 Å². The molecule has 1 aliphatic rings. The topological polar surface area (TPSA) is 23.5 Å². The van der Waals surface area contributed by atoms with Gasteiger partial charge in [0.05, 0.1) is 6.10 Å². The molecule has 0 heterocycles. The van der Waals surface area contributed by atoms with E-state index in [2.05, 4.69) is 25.8 Å². The van der Waals surface area contributed by atoms with E-state index in [1.54, 1.807) is 0 Å². The summed E-state index contributed by atoms with van der Waals surface area (Å²) in [7, 11) is 2.18. The standard InChI is InChI=1S/C11H23NO/c1-4-6-12(3)7-5-11(2)8-10(13)9-11/h10,13H,4-9H2,1-3H3. The Morgan fingerprint density at radius 1 is 1.38 bits per heavy atom. The molecular weight excluding hydrogens is 162 g/mol. The molecule has 0 aromatic carbocycles. The summed E-state index contributed by atoms with van der Waals surface area (Å²) < 4.78 is 0. The van der Waals surface area contributed by atoms with E-state index in [4.69, 9.17) is 0 Å². The van der Waals surface area contributed by atoms with Gasteiger partial charge in [-0.25, -0.2) is 0 Å². The minimum Gasteiger partial charge on any atom is -0.393 e. The average Bonchev–Trinajstić information content (AvgIpc) is 1.99. The van der Waals surface area contributed by atoms with E-state index in [1.807, 2.05) is 0 Å². The van der Waals surface area contributed by atoms with Crippen LogP contribution in [0.25, 0.3) is 0 Å². The van der Waals surface area contributed by atoms with Crippen molar-refractivity contribution >= 4 is 0 Å². The van der Waals surface area contributed by atoms with Crippen LogP contribution in [0.4, 0.5) is 0 Å². The van der Waals surface area contributed by atoms with Gasteiger partial charge in [-0.2, -0.15) is 0 Å². The Morgan fingerprint density at radius 2 is 2.00 bits per heavy atom. The fraction of sp³-hybridized carbons (Fsp3) is 1.00. The molecular formula is C11H23NO. The highest BCUT2D eigenvalue weighted by atomic mass is 16.3. The molecule has 0 bridgehead atoms. The van der Waals surface area contributed by atoms with E-state index >= 15 is 0 Å². The van der Waals surface area contributed by atoms with Crippen LogP contribution in [0.2, 0.25) is 0 Å². The van der Waals surface area contributed by atoms with Crippen LogP contribution in [0.5, 0.6) is 0 Å². The van der Waals surface area contributed by atoms with Gasteiger partial charge < -0.3 is 10.0 Å². The first-order valence-electron chi connectivity index (χ1n) is 5.42. The number of aliphatic hydroxyl groups excluding tert-OH is 1. The van der Waals surface area contributed by atoms with Crippen LogP contribution in [0.15, 0.2) is 0 Å². The molecule has 0 spiro atoms. The molecule has 1 saturated carbocycles. The van der Waals surface area contributed by atoms with Gasteiger partial charge in [0, 0.05) is 0 Å². The number of aliphatic hydroxyl groups is 1. The third-order valence-electron chi connectivity index (χ3n) is 3.16. The summed E-state index contributed by atoms with van der Waals surface area (Å²) in [5, 5.41) is 9.24. The van der Waals surface area contributed by atoms with Gasteiger partial charge in [0.25, 0.3) is 0 Å². The normalized spacial score (nSPS) is 33.5. The summed E-state index contributed by atoms with van der Waals surface area (Å²) in [4.78, 5) is 2.38. The molecule has 0 aromatic rings. The van der Waals surface area contributed by atoms with Crippen LogP contribution in [0.3, 0.4) is 0 Å². The van der Waals surface area contributed by atoms with Crippen LogP contribution < -0.4 is 0 Å². The molecule has 0 saturated heterocycles. The minimum absolute atomic E-state index is 0.0125. The molecule has 0 radical (unpaired) electrons. The van der Waals surface area contributed by atoms with E-state index in [0.717, 1.165) is 12.8 Å². The van der Waals surface area contributed by atoms with Crippen LogP contribution in [-0.2, 0) is 0 Å². The van der Waals surface area contributed by atoms with Gasteiger partial charge in [-0.05, 0) is 51.2 Å². The van der Waals surface area contributed by atoms with E-state index in [9.17, 15) is 5.11 Å². The molecule has 0 aromatic heterocycles. The molecule has 2 heteroatoms. The van der Waals surface area contributed by atoms with Crippen LogP contribution in [0, 0.1) is 5.41 Å². The third-order valence-corrected chi connectivity index (χ3v) is 3.16. The van der Waals surface area contributed by atoms with Crippen molar-refractivity contribution in [2.24, 2.45) is 5.41 Å². The van der Waals surface area contributed by atoms with Crippen molar-refractivity contribution in [3.63, 3.8) is 0 Å². The van der Waals surface area contributed by atoms with Crippen molar-refractivity contribution in [2.75, 3.05) is 20.1 Å². The maximum atomic E-state index is 9.24. The summed E-state index contributed by atoms with van der Waals surface area (Å²) in [6.07, 6.45) is 4.47. The number of hydrogen-bond acceptors (Lipinski definition) is 2. The van der Waals surface area contributed by atoms with Gasteiger partial charge >= 0.3 is 0 Å². The molecule has 0 aliphatic heterocycles. The van der Waals surface area contributed by atoms with Crippen molar-refractivity contribution in [3.05, 3.63) is 0 Å². The first kappa shape index (κ1) is 11.0. The fourth-order valence-corrected chi connectivity index (χ4v) is 2.24. The van der Waals surface area contributed by atoms with E-state index in [1.165, 1.54) is 25.9 Å². The number of hydrogen-bond donors (Lipinski definition) is 1. The molecule has 2 nitrogen and oxygen atoms in total. The van der Waals surface area contributed by atoms with Crippen LogP contribution in [0.1, 0.15) is 39.5 Å². The van der Waals surface area contributed by atoms with Gasteiger partial charge in [0.15, 0.2) is 0 Å². The smallest absolute Gasteiger partial charge is 0.0550 e. The zero-order chi connectivity index (χ0) is 9.90. The highest BCUT2D eigenvalue weighted by Gasteiger charge is 2.38. The quantitative estimate of drug-likeness (QED) is 0.707. The Hall–Kier alpha value is -0.0800. The highest BCUT2D eigenvalue weighted by molar-refractivity contribution is 4.90. The zero-order valence-electron chi connectivity index (χ0n) is 9.21. The molecule has 1 fully saturated rings. The lowest BCUT2D eigenvalue weighted by atomic mass is 9.66. The number of nitrogens with zero attached hydrogens (tertiary/aromatic N) is 1. The summed E-state index contributed by atoms with van der Waals surface area (Å²) in [5.74, 6) is 0. The molecule has 1 aliphatic carbocycles. The van der Waals surface area contributed by atoms with Crippen molar-refractivity contribution in [1.29, 1.82) is 0 Å². The molecule has 1 N–H and O–H groups in total. The average molecular weight is 185 g/mol. The second-order valence-electron chi connectivity index (χ2n) is 4.93. The Kier molecular flexibility index (Phi) is 3.74. The van der Waals surface area contributed by atoms with Gasteiger partial charge in [-0.3, -0.25) is 0 Å². The fourth-order valence-electron chi connectivity index (χ4n) is 2.24. The van der Waals surface area contributed by atoms with Gasteiger partial charge in [0.1, 0.15) is 0 Å². The first-order valence-corrected chi connectivity index (χ1v) is 5.42. The second kappa shape index (κ2) is 4.43. The zero-order valence-corrected chi connectivity index (χ0v) is 9.21. The maximum absolute atomic E-state index is 9.24.